The summed E-state index contributed by atoms with van der Waals surface area (Å²) in [5.74, 6) is 0.939. The zero-order valence-electron chi connectivity index (χ0n) is 11.9. The van der Waals surface area contributed by atoms with Crippen molar-refractivity contribution in [2.24, 2.45) is 5.73 Å². The Morgan fingerprint density at radius 1 is 1.25 bits per heavy atom. The number of amidine groups is 1. The van der Waals surface area contributed by atoms with Crippen LogP contribution in [0.3, 0.4) is 0 Å². The Morgan fingerprint density at radius 2 is 1.95 bits per heavy atom. The number of nitrogen functional groups attached to an aromatic ring is 1. The number of hydrogen-bond donors (Lipinski definition) is 2. The molecule has 0 spiro atoms. The second kappa shape index (κ2) is 6.19. The molecule has 1 aromatic heterocycles. The molecule has 2 aromatic rings. The van der Waals surface area contributed by atoms with Gasteiger partial charge in [0.25, 0.3) is 0 Å². The second-order valence-electron chi connectivity index (χ2n) is 4.77. The van der Waals surface area contributed by atoms with E-state index in [2.05, 4.69) is 28.9 Å². The van der Waals surface area contributed by atoms with Gasteiger partial charge in [-0.15, -0.1) is 0 Å². The average molecular weight is 268 g/mol. The van der Waals surface area contributed by atoms with E-state index < -0.39 is 0 Å². The molecule has 4 heteroatoms. The molecule has 0 fully saturated rings. The van der Waals surface area contributed by atoms with Gasteiger partial charge in [0.1, 0.15) is 11.7 Å². The third-order valence-corrected chi connectivity index (χ3v) is 3.17. The topological polar surface area (TPSA) is 66.0 Å². The molecule has 0 saturated carbocycles. The lowest BCUT2D eigenvalue weighted by Crippen LogP contribution is -2.24. The summed E-state index contributed by atoms with van der Waals surface area (Å²) in [6, 6.07) is 14.0. The van der Waals surface area contributed by atoms with E-state index in [1.54, 1.807) is 0 Å². The minimum atomic E-state index is 0.0764. The van der Waals surface area contributed by atoms with Crippen LogP contribution >= 0.6 is 0 Å². The van der Waals surface area contributed by atoms with Crippen LogP contribution in [0.15, 0.2) is 42.5 Å². The zero-order valence-corrected chi connectivity index (χ0v) is 11.9. The van der Waals surface area contributed by atoms with Gasteiger partial charge in [-0.05, 0) is 31.5 Å². The molecular weight excluding hydrogens is 248 g/mol. The Labute approximate surface area is 119 Å². The van der Waals surface area contributed by atoms with Crippen molar-refractivity contribution in [2.45, 2.75) is 20.4 Å². The first-order chi connectivity index (χ1) is 9.60. The number of aryl methyl sites for hydroxylation is 1. The highest BCUT2D eigenvalue weighted by atomic mass is 15.2. The lowest BCUT2D eigenvalue weighted by molar-refractivity contribution is 0.810. The third-order valence-electron chi connectivity index (χ3n) is 3.17. The fourth-order valence-electron chi connectivity index (χ4n) is 2.13. The number of rotatable bonds is 5. The van der Waals surface area contributed by atoms with Crippen molar-refractivity contribution in [3.8, 4) is 0 Å². The first-order valence-corrected chi connectivity index (χ1v) is 6.72. The molecule has 0 atom stereocenters. The number of pyridine rings is 1. The number of nitrogens with zero attached hydrogens (tertiary/aromatic N) is 2. The smallest absolute Gasteiger partial charge is 0.129 e. The maximum absolute atomic E-state index is 7.58. The molecule has 2 rings (SSSR count). The molecule has 0 bridgehead atoms. The van der Waals surface area contributed by atoms with Crippen molar-refractivity contribution in [3.63, 3.8) is 0 Å². The van der Waals surface area contributed by atoms with Crippen LogP contribution in [0.4, 0.5) is 5.82 Å². The number of hydrogen-bond acceptors (Lipinski definition) is 3. The summed E-state index contributed by atoms with van der Waals surface area (Å²) in [5.41, 5.74) is 8.42. The Bertz CT molecular complexity index is 593. The van der Waals surface area contributed by atoms with Gasteiger partial charge in [0, 0.05) is 24.3 Å². The van der Waals surface area contributed by atoms with Crippen molar-refractivity contribution in [3.05, 3.63) is 59.3 Å². The van der Waals surface area contributed by atoms with Gasteiger partial charge >= 0.3 is 0 Å². The van der Waals surface area contributed by atoms with Gasteiger partial charge in [0.15, 0.2) is 0 Å². The second-order valence-corrected chi connectivity index (χ2v) is 4.77. The van der Waals surface area contributed by atoms with Crippen LogP contribution in [0.1, 0.15) is 23.7 Å². The standard InChI is InChI=1S/C16H20N4/c1-3-20(11-13-7-5-4-6-8-13)15-10-14(16(17)18)9-12(2)19-15/h4-10H,3,11H2,1-2H3,(H3,17,18). The number of nitrogens with one attached hydrogen (secondary N) is 1. The number of nitrogens with two attached hydrogens (primary N) is 1. The van der Waals surface area contributed by atoms with Crippen molar-refractivity contribution in [1.29, 1.82) is 5.41 Å². The fourth-order valence-corrected chi connectivity index (χ4v) is 2.13. The van der Waals surface area contributed by atoms with E-state index in [0.29, 0.717) is 0 Å². The molecule has 3 N–H and O–H groups in total. The average Bonchev–Trinajstić information content (AvgIpc) is 2.45. The molecule has 0 saturated heterocycles. The normalized spacial score (nSPS) is 10.3. The Kier molecular flexibility index (Phi) is 4.35. The summed E-state index contributed by atoms with van der Waals surface area (Å²) in [5, 5.41) is 7.58. The quantitative estimate of drug-likeness (QED) is 0.647. The van der Waals surface area contributed by atoms with Crippen molar-refractivity contribution in [1.82, 2.24) is 4.98 Å². The lowest BCUT2D eigenvalue weighted by atomic mass is 10.2. The van der Waals surface area contributed by atoms with E-state index in [1.807, 2.05) is 37.3 Å². The maximum atomic E-state index is 7.58. The van der Waals surface area contributed by atoms with Crippen molar-refractivity contribution in [2.75, 3.05) is 11.4 Å². The monoisotopic (exact) mass is 268 g/mol. The highest BCUT2D eigenvalue weighted by molar-refractivity contribution is 5.95. The van der Waals surface area contributed by atoms with Crippen LogP contribution in [0, 0.1) is 12.3 Å². The zero-order chi connectivity index (χ0) is 14.5. The summed E-state index contributed by atoms with van der Waals surface area (Å²) in [6.07, 6.45) is 0. The van der Waals surface area contributed by atoms with Gasteiger partial charge in [-0.3, -0.25) is 5.41 Å². The molecule has 0 aliphatic rings. The van der Waals surface area contributed by atoms with E-state index in [4.69, 9.17) is 11.1 Å². The Hall–Kier alpha value is -2.36. The molecular formula is C16H20N4. The molecule has 0 radical (unpaired) electrons. The van der Waals surface area contributed by atoms with Gasteiger partial charge in [-0.1, -0.05) is 30.3 Å². The van der Waals surface area contributed by atoms with E-state index >= 15 is 0 Å². The van der Waals surface area contributed by atoms with Gasteiger partial charge in [-0.2, -0.15) is 0 Å². The minimum Gasteiger partial charge on any atom is -0.384 e. The number of anilines is 1. The molecule has 104 valence electrons. The van der Waals surface area contributed by atoms with Gasteiger partial charge in [-0.25, -0.2) is 4.98 Å². The highest BCUT2D eigenvalue weighted by Crippen LogP contribution is 2.17. The van der Waals surface area contributed by atoms with Gasteiger partial charge in [0.05, 0.1) is 0 Å². The van der Waals surface area contributed by atoms with E-state index in [0.717, 1.165) is 30.2 Å². The molecule has 0 amide bonds. The minimum absolute atomic E-state index is 0.0764. The van der Waals surface area contributed by atoms with E-state index in [1.165, 1.54) is 5.56 Å². The molecule has 1 aromatic carbocycles. The summed E-state index contributed by atoms with van der Waals surface area (Å²) in [6.45, 7) is 5.67. The molecule has 0 aliphatic heterocycles. The summed E-state index contributed by atoms with van der Waals surface area (Å²) in [7, 11) is 0. The molecule has 0 aliphatic carbocycles. The van der Waals surface area contributed by atoms with Crippen LogP contribution in [0.5, 0.6) is 0 Å². The summed E-state index contributed by atoms with van der Waals surface area (Å²) < 4.78 is 0. The van der Waals surface area contributed by atoms with Crippen LogP contribution in [-0.2, 0) is 6.54 Å². The van der Waals surface area contributed by atoms with Crippen LogP contribution < -0.4 is 10.6 Å². The first kappa shape index (κ1) is 14.1. The van der Waals surface area contributed by atoms with Crippen molar-refractivity contribution >= 4 is 11.7 Å². The van der Waals surface area contributed by atoms with Crippen LogP contribution in [-0.4, -0.2) is 17.4 Å². The Morgan fingerprint density at radius 3 is 2.55 bits per heavy atom. The van der Waals surface area contributed by atoms with Crippen molar-refractivity contribution < 1.29 is 0 Å². The van der Waals surface area contributed by atoms with E-state index in [9.17, 15) is 0 Å². The largest absolute Gasteiger partial charge is 0.384 e. The fraction of sp³-hybridized carbons (Fsp3) is 0.250. The number of aromatic nitrogens is 1. The predicted octanol–water partition coefficient (Wildman–Crippen LogP) is 2.70. The molecule has 1 heterocycles. The molecule has 4 nitrogen and oxygen atoms in total. The SMILES string of the molecule is CCN(Cc1ccccc1)c1cc(C(=N)N)cc(C)n1. The maximum Gasteiger partial charge on any atom is 0.129 e. The predicted molar refractivity (Wildman–Crippen MR) is 83.2 cm³/mol. The Balaban J connectivity index is 2.29. The molecule has 20 heavy (non-hydrogen) atoms. The number of benzene rings is 1. The first-order valence-electron chi connectivity index (χ1n) is 6.72. The molecule has 0 unspecified atom stereocenters. The van der Waals surface area contributed by atoms with Gasteiger partial charge in [0.2, 0.25) is 0 Å². The summed E-state index contributed by atoms with van der Waals surface area (Å²) >= 11 is 0. The summed E-state index contributed by atoms with van der Waals surface area (Å²) in [4.78, 5) is 6.73. The van der Waals surface area contributed by atoms with Crippen LogP contribution in [0.25, 0.3) is 0 Å². The van der Waals surface area contributed by atoms with Gasteiger partial charge < -0.3 is 10.6 Å². The van der Waals surface area contributed by atoms with Crippen LogP contribution in [0.2, 0.25) is 0 Å². The lowest BCUT2D eigenvalue weighted by Gasteiger charge is -2.23. The third kappa shape index (κ3) is 3.35. The highest BCUT2D eigenvalue weighted by Gasteiger charge is 2.10. The van der Waals surface area contributed by atoms with E-state index in [-0.39, 0.29) is 5.84 Å².